The zero-order valence-corrected chi connectivity index (χ0v) is 15.7. The second-order valence-corrected chi connectivity index (χ2v) is 7.15. The molecule has 0 saturated carbocycles. The molecule has 0 radical (unpaired) electrons. The van der Waals surface area contributed by atoms with Crippen LogP contribution < -0.4 is 4.90 Å². The number of anilines is 1. The summed E-state index contributed by atoms with van der Waals surface area (Å²) in [5, 5.41) is 11.4. The third-order valence-corrected chi connectivity index (χ3v) is 5.25. The van der Waals surface area contributed by atoms with Gasteiger partial charge < -0.3 is 0 Å². The first-order valence-electron chi connectivity index (χ1n) is 8.53. The predicted octanol–water partition coefficient (Wildman–Crippen LogP) is 4.59. The lowest BCUT2D eigenvalue weighted by Crippen LogP contribution is -2.30. The molecule has 0 bridgehead atoms. The molecule has 0 unspecified atom stereocenters. The summed E-state index contributed by atoms with van der Waals surface area (Å²) >= 11 is 1.17. The van der Waals surface area contributed by atoms with Crippen molar-refractivity contribution < 1.29 is 14.1 Å². The van der Waals surface area contributed by atoms with E-state index in [2.05, 4.69) is 9.97 Å². The van der Waals surface area contributed by atoms with Gasteiger partial charge in [0.15, 0.2) is 5.13 Å². The van der Waals surface area contributed by atoms with Crippen molar-refractivity contribution in [2.45, 2.75) is 6.54 Å². The number of benzene rings is 2. The minimum Gasteiger partial charge on any atom is -0.279 e. The van der Waals surface area contributed by atoms with E-state index in [0.29, 0.717) is 9.83 Å². The maximum atomic E-state index is 14.1. The molecule has 4 aromatic rings. The van der Waals surface area contributed by atoms with Gasteiger partial charge in [-0.3, -0.25) is 24.8 Å². The molecule has 7 nitrogen and oxygen atoms in total. The molecule has 4 rings (SSSR count). The Labute approximate surface area is 168 Å². The van der Waals surface area contributed by atoms with E-state index in [1.54, 1.807) is 36.7 Å². The lowest BCUT2D eigenvalue weighted by atomic mass is 10.1. The van der Waals surface area contributed by atoms with Crippen LogP contribution in [-0.2, 0) is 6.54 Å². The van der Waals surface area contributed by atoms with Crippen LogP contribution in [0.1, 0.15) is 15.9 Å². The first kappa shape index (κ1) is 18.6. The van der Waals surface area contributed by atoms with E-state index < -0.39 is 16.6 Å². The van der Waals surface area contributed by atoms with Gasteiger partial charge in [-0.05, 0) is 29.8 Å². The molecule has 1 amide bonds. The molecule has 29 heavy (non-hydrogen) atoms. The summed E-state index contributed by atoms with van der Waals surface area (Å²) in [4.78, 5) is 33.5. The van der Waals surface area contributed by atoms with Gasteiger partial charge in [0, 0.05) is 30.1 Å². The van der Waals surface area contributed by atoms with Crippen LogP contribution in [0.5, 0.6) is 0 Å². The normalized spacial score (nSPS) is 10.8. The van der Waals surface area contributed by atoms with E-state index in [9.17, 15) is 19.3 Å². The molecule has 0 aliphatic heterocycles. The van der Waals surface area contributed by atoms with Gasteiger partial charge in [0.05, 0.1) is 16.2 Å². The van der Waals surface area contributed by atoms with Gasteiger partial charge in [0.25, 0.3) is 11.6 Å². The van der Waals surface area contributed by atoms with Crippen LogP contribution in [0.2, 0.25) is 0 Å². The minimum atomic E-state index is -0.560. The fraction of sp³-hybridized carbons (Fsp3) is 0.0500. The third kappa shape index (κ3) is 3.81. The average Bonchev–Trinajstić information content (AvgIpc) is 3.18. The molecule has 0 N–H and O–H groups in total. The molecule has 2 heterocycles. The number of hydrogen-bond acceptors (Lipinski definition) is 6. The number of non-ortho nitro benzene ring substituents is 1. The Morgan fingerprint density at radius 1 is 1.17 bits per heavy atom. The number of rotatable bonds is 5. The van der Waals surface area contributed by atoms with Crippen molar-refractivity contribution in [3.8, 4) is 0 Å². The average molecular weight is 408 g/mol. The number of nitrogens with zero attached hydrogens (tertiary/aromatic N) is 4. The molecule has 144 valence electrons. The number of thiazole rings is 1. The first-order chi connectivity index (χ1) is 14.0. The number of nitro benzene ring substituents is 1. The van der Waals surface area contributed by atoms with Gasteiger partial charge in [0.2, 0.25) is 0 Å². The minimum absolute atomic E-state index is 0.136. The lowest BCUT2D eigenvalue weighted by Gasteiger charge is -2.20. The number of amides is 1. The Bertz CT molecular complexity index is 1210. The second-order valence-electron chi connectivity index (χ2n) is 6.14. The maximum Gasteiger partial charge on any atom is 0.270 e. The van der Waals surface area contributed by atoms with Gasteiger partial charge in [-0.15, -0.1) is 0 Å². The number of halogens is 1. The highest BCUT2D eigenvalue weighted by Gasteiger charge is 2.24. The second kappa shape index (κ2) is 7.72. The number of pyridine rings is 1. The molecule has 2 aromatic carbocycles. The molecular formula is C20H13FN4O3S. The molecule has 0 aliphatic carbocycles. The van der Waals surface area contributed by atoms with Gasteiger partial charge >= 0.3 is 0 Å². The summed E-state index contributed by atoms with van der Waals surface area (Å²) in [6.45, 7) is 0.136. The van der Waals surface area contributed by atoms with Gasteiger partial charge in [-0.2, -0.15) is 0 Å². The maximum absolute atomic E-state index is 14.1. The molecule has 0 atom stereocenters. The van der Waals surface area contributed by atoms with Crippen molar-refractivity contribution in [1.82, 2.24) is 9.97 Å². The number of aromatic nitrogens is 2. The number of fused-ring (bicyclic) bond motifs is 1. The van der Waals surface area contributed by atoms with E-state index in [1.165, 1.54) is 46.6 Å². The van der Waals surface area contributed by atoms with E-state index in [0.717, 1.165) is 5.56 Å². The number of carbonyl (C=O) groups excluding carboxylic acids is 1. The summed E-state index contributed by atoms with van der Waals surface area (Å²) in [5.41, 5.74) is 0.872. The molecular weight excluding hydrogens is 395 g/mol. The molecule has 0 spiro atoms. The van der Waals surface area contributed by atoms with Crippen molar-refractivity contribution in [3.05, 3.63) is 94.0 Å². The topological polar surface area (TPSA) is 89.2 Å². The summed E-state index contributed by atoms with van der Waals surface area (Å²) < 4.78 is 14.7. The highest BCUT2D eigenvalue weighted by Crippen LogP contribution is 2.32. The molecule has 0 aliphatic rings. The van der Waals surface area contributed by atoms with Gasteiger partial charge in [0.1, 0.15) is 11.3 Å². The zero-order chi connectivity index (χ0) is 20.4. The fourth-order valence-corrected chi connectivity index (χ4v) is 3.81. The highest BCUT2D eigenvalue weighted by molar-refractivity contribution is 7.22. The van der Waals surface area contributed by atoms with Crippen molar-refractivity contribution >= 4 is 38.3 Å². The molecule has 9 heteroatoms. The first-order valence-corrected chi connectivity index (χ1v) is 9.35. The van der Waals surface area contributed by atoms with Crippen LogP contribution in [0.15, 0.2) is 67.0 Å². The Kier molecular flexibility index (Phi) is 4.96. The number of hydrogen-bond donors (Lipinski definition) is 0. The van der Waals surface area contributed by atoms with E-state index >= 15 is 0 Å². The summed E-state index contributed by atoms with van der Waals surface area (Å²) in [7, 11) is 0. The van der Waals surface area contributed by atoms with Crippen LogP contribution in [0.4, 0.5) is 15.2 Å². The molecule has 0 saturated heterocycles. The van der Waals surface area contributed by atoms with E-state index in [4.69, 9.17) is 0 Å². The number of nitro groups is 1. The Balaban J connectivity index is 1.79. The Morgan fingerprint density at radius 3 is 2.72 bits per heavy atom. The van der Waals surface area contributed by atoms with Crippen molar-refractivity contribution in [2.24, 2.45) is 0 Å². The van der Waals surface area contributed by atoms with Gasteiger partial charge in [-0.25, -0.2) is 9.37 Å². The van der Waals surface area contributed by atoms with Crippen LogP contribution in [-0.4, -0.2) is 20.8 Å². The quantitative estimate of drug-likeness (QED) is 0.356. The summed E-state index contributed by atoms with van der Waals surface area (Å²) in [5.74, 6) is -0.953. The highest BCUT2D eigenvalue weighted by atomic mass is 32.1. The van der Waals surface area contributed by atoms with Crippen LogP contribution in [0.25, 0.3) is 10.2 Å². The van der Waals surface area contributed by atoms with Gasteiger partial charge in [-0.1, -0.05) is 29.5 Å². The van der Waals surface area contributed by atoms with Crippen LogP contribution in [0, 0.1) is 15.9 Å². The Morgan fingerprint density at radius 2 is 2.00 bits per heavy atom. The fourth-order valence-electron chi connectivity index (χ4n) is 2.83. The zero-order valence-electron chi connectivity index (χ0n) is 14.9. The summed E-state index contributed by atoms with van der Waals surface area (Å²) in [6.07, 6.45) is 3.23. The monoisotopic (exact) mass is 408 g/mol. The Hall–Kier alpha value is -3.72. The number of carbonyl (C=O) groups is 1. The predicted molar refractivity (Wildman–Crippen MR) is 107 cm³/mol. The van der Waals surface area contributed by atoms with Crippen molar-refractivity contribution in [1.29, 1.82) is 0 Å². The van der Waals surface area contributed by atoms with E-state index in [-0.39, 0.29) is 23.3 Å². The van der Waals surface area contributed by atoms with Crippen molar-refractivity contribution in [3.63, 3.8) is 0 Å². The third-order valence-electron chi connectivity index (χ3n) is 4.20. The largest absolute Gasteiger partial charge is 0.279 e. The SMILES string of the molecule is O=C(c1cccc([N+](=O)[O-])c1)N(Cc1cccnc1)c1nc2c(F)cccc2s1. The standard InChI is InChI=1S/C20H13FN4O3S/c21-16-7-2-8-17-18(16)23-20(29-17)24(12-13-4-3-9-22-11-13)19(26)14-5-1-6-15(10-14)25(27)28/h1-11H,12H2. The van der Waals surface area contributed by atoms with Crippen molar-refractivity contribution in [2.75, 3.05) is 4.90 Å². The molecule has 0 fully saturated rings. The van der Waals surface area contributed by atoms with Crippen LogP contribution >= 0.6 is 11.3 Å². The van der Waals surface area contributed by atoms with Crippen LogP contribution in [0.3, 0.4) is 0 Å². The van der Waals surface area contributed by atoms with E-state index in [1.807, 2.05) is 0 Å². The lowest BCUT2D eigenvalue weighted by molar-refractivity contribution is -0.384. The molecule has 2 aromatic heterocycles. The smallest absolute Gasteiger partial charge is 0.270 e. The number of para-hydroxylation sites is 1. The summed E-state index contributed by atoms with van der Waals surface area (Å²) in [6, 6.07) is 13.6.